The van der Waals surface area contributed by atoms with Gasteiger partial charge in [0.05, 0.1) is 0 Å². The summed E-state index contributed by atoms with van der Waals surface area (Å²) in [6.07, 6.45) is 7.64. The van der Waals surface area contributed by atoms with Crippen molar-refractivity contribution >= 4 is 11.4 Å². The van der Waals surface area contributed by atoms with Crippen LogP contribution in [0.2, 0.25) is 0 Å². The average molecular weight is 280 g/mol. The Morgan fingerprint density at radius 3 is 2.62 bits per heavy atom. The van der Waals surface area contributed by atoms with Crippen LogP contribution in [0.3, 0.4) is 0 Å². The molecule has 1 aliphatic rings. The van der Waals surface area contributed by atoms with Gasteiger partial charge < -0.3 is 0 Å². The first kappa shape index (κ1) is 15.5. The molecule has 0 radical (unpaired) electrons. The fourth-order valence-electron chi connectivity index (χ4n) is 3.18. The standard InChI is InChI=1S/C20H24O/c1-6-9-15-16-12-11-14(19(21)10-7-2)13-18(16)20(4,5)17(15)8-3/h6,8-9,11-13H,3,7,10H2,1-2,4-5H3/b9-6-. The highest BCUT2D eigenvalue weighted by Crippen LogP contribution is 2.47. The lowest BCUT2D eigenvalue weighted by Crippen LogP contribution is -2.16. The minimum absolute atomic E-state index is 0.103. The van der Waals surface area contributed by atoms with Crippen LogP contribution >= 0.6 is 0 Å². The van der Waals surface area contributed by atoms with Crippen molar-refractivity contribution in [2.45, 2.75) is 46.0 Å². The maximum Gasteiger partial charge on any atom is 0.162 e. The maximum absolute atomic E-state index is 12.2. The SMILES string of the molecule is C=CC1=C(/C=C\C)c2ccc(C(=O)CCC)cc2C1(C)C. The highest BCUT2D eigenvalue weighted by Gasteiger charge is 2.35. The van der Waals surface area contributed by atoms with Crippen LogP contribution < -0.4 is 0 Å². The summed E-state index contributed by atoms with van der Waals surface area (Å²) in [5.74, 6) is 0.232. The normalized spacial score (nSPS) is 16.4. The van der Waals surface area contributed by atoms with Crippen molar-refractivity contribution < 1.29 is 4.79 Å². The van der Waals surface area contributed by atoms with Crippen molar-refractivity contribution in [2.24, 2.45) is 0 Å². The summed E-state index contributed by atoms with van der Waals surface area (Å²) < 4.78 is 0. The van der Waals surface area contributed by atoms with E-state index in [-0.39, 0.29) is 11.2 Å². The van der Waals surface area contributed by atoms with Gasteiger partial charge in [-0.15, -0.1) is 0 Å². The lowest BCUT2D eigenvalue weighted by molar-refractivity contribution is 0.0981. The lowest BCUT2D eigenvalue weighted by atomic mass is 9.80. The van der Waals surface area contributed by atoms with Gasteiger partial charge in [0.15, 0.2) is 5.78 Å². The molecule has 0 saturated heterocycles. The van der Waals surface area contributed by atoms with Crippen molar-refractivity contribution in [1.82, 2.24) is 0 Å². The molecule has 0 atom stereocenters. The topological polar surface area (TPSA) is 17.1 Å². The molecule has 0 fully saturated rings. The predicted octanol–water partition coefficient (Wildman–Crippen LogP) is 5.48. The molecule has 0 unspecified atom stereocenters. The number of hydrogen-bond acceptors (Lipinski definition) is 1. The van der Waals surface area contributed by atoms with E-state index in [0.717, 1.165) is 12.0 Å². The molecule has 21 heavy (non-hydrogen) atoms. The summed E-state index contributed by atoms with van der Waals surface area (Å²) in [5, 5.41) is 0. The third-order valence-electron chi connectivity index (χ3n) is 4.28. The Labute approximate surface area is 128 Å². The number of carbonyl (C=O) groups is 1. The Hall–Kier alpha value is -1.89. The molecular weight excluding hydrogens is 256 g/mol. The van der Waals surface area contributed by atoms with E-state index >= 15 is 0 Å². The number of rotatable bonds is 5. The van der Waals surface area contributed by atoms with Gasteiger partial charge in [-0.1, -0.05) is 57.7 Å². The molecule has 0 amide bonds. The third kappa shape index (κ3) is 2.53. The Bertz CT molecular complexity index is 642. The largest absolute Gasteiger partial charge is 0.294 e. The molecule has 0 spiro atoms. The van der Waals surface area contributed by atoms with Crippen LogP contribution in [0.15, 0.2) is 48.6 Å². The Kier molecular flexibility index (Phi) is 4.32. The van der Waals surface area contributed by atoms with E-state index < -0.39 is 0 Å². The van der Waals surface area contributed by atoms with Crippen LogP contribution in [-0.4, -0.2) is 5.78 Å². The quantitative estimate of drug-likeness (QED) is 0.653. The van der Waals surface area contributed by atoms with Crippen LogP contribution in [0, 0.1) is 0 Å². The van der Waals surface area contributed by atoms with E-state index in [1.165, 1.54) is 22.3 Å². The van der Waals surface area contributed by atoms with E-state index in [1.54, 1.807) is 0 Å². The fourth-order valence-corrected chi connectivity index (χ4v) is 3.18. The van der Waals surface area contributed by atoms with Gasteiger partial charge in [0.2, 0.25) is 0 Å². The number of allylic oxidation sites excluding steroid dienone is 5. The highest BCUT2D eigenvalue weighted by molar-refractivity contribution is 5.98. The second kappa shape index (κ2) is 5.85. The van der Waals surface area contributed by atoms with Crippen molar-refractivity contribution in [3.05, 3.63) is 65.3 Å². The summed E-state index contributed by atoms with van der Waals surface area (Å²) in [5.41, 5.74) is 5.63. The molecule has 110 valence electrons. The molecule has 2 rings (SSSR count). The van der Waals surface area contributed by atoms with E-state index in [2.05, 4.69) is 44.7 Å². The summed E-state index contributed by atoms with van der Waals surface area (Å²) in [6.45, 7) is 12.4. The average Bonchev–Trinajstić information content (AvgIpc) is 2.67. The third-order valence-corrected chi connectivity index (χ3v) is 4.28. The number of carbonyl (C=O) groups excluding carboxylic acids is 1. The Morgan fingerprint density at radius 1 is 1.33 bits per heavy atom. The van der Waals surface area contributed by atoms with Gasteiger partial charge in [0.25, 0.3) is 0 Å². The van der Waals surface area contributed by atoms with E-state index in [1.807, 2.05) is 26.0 Å². The van der Waals surface area contributed by atoms with Crippen LogP contribution in [-0.2, 0) is 5.41 Å². The van der Waals surface area contributed by atoms with Crippen molar-refractivity contribution in [2.75, 3.05) is 0 Å². The minimum Gasteiger partial charge on any atom is -0.294 e. The van der Waals surface area contributed by atoms with Crippen LogP contribution in [0.4, 0.5) is 0 Å². The van der Waals surface area contributed by atoms with Gasteiger partial charge in [0, 0.05) is 17.4 Å². The van der Waals surface area contributed by atoms with Gasteiger partial charge in [-0.05, 0) is 41.7 Å². The zero-order chi connectivity index (χ0) is 15.6. The molecule has 1 aromatic rings. The van der Waals surface area contributed by atoms with Crippen molar-refractivity contribution in [1.29, 1.82) is 0 Å². The molecule has 1 heteroatoms. The second-order valence-electron chi connectivity index (χ2n) is 6.09. The molecule has 0 heterocycles. The summed E-state index contributed by atoms with van der Waals surface area (Å²) in [7, 11) is 0. The molecule has 0 bridgehead atoms. The minimum atomic E-state index is -0.103. The molecule has 0 saturated carbocycles. The molecule has 1 aliphatic carbocycles. The number of ketones is 1. The monoisotopic (exact) mass is 280 g/mol. The first-order valence-electron chi connectivity index (χ1n) is 7.65. The molecule has 1 aromatic carbocycles. The maximum atomic E-state index is 12.2. The van der Waals surface area contributed by atoms with Crippen molar-refractivity contribution in [3.8, 4) is 0 Å². The smallest absolute Gasteiger partial charge is 0.162 e. The molecule has 0 aliphatic heterocycles. The summed E-state index contributed by atoms with van der Waals surface area (Å²) in [6, 6.07) is 6.13. The van der Waals surface area contributed by atoms with Gasteiger partial charge in [-0.25, -0.2) is 0 Å². The zero-order valence-corrected chi connectivity index (χ0v) is 13.5. The Morgan fingerprint density at radius 2 is 2.05 bits per heavy atom. The number of benzene rings is 1. The van der Waals surface area contributed by atoms with Crippen LogP contribution in [0.1, 0.15) is 62.0 Å². The van der Waals surface area contributed by atoms with Gasteiger partial charge in [0.1, 0.15) is 0 Å². The first-order chi connectivity index (χ1) is 9.97. The Balaban J connectivity index is 2.59. The molecule has 0 N–H and O–H groups in total. The number of hydrogen-bond donors (Lipinski definition) is 0. The molecule has 0 aromatic heterocycles. The van der Waals surface area contributed by atoms with Gasteiger partial charge >= 0.3 is 0 Å². The first-order valence-corrected chi connectivity index (χ1v) is 7.65. The lowest BCUT2D eigenvalue weighted by Gasteiger charge is -2.23. The van der Waals surface area contributed by atoms with E-state index in [4.69, 9.17) is 0 Å². The van der Waals surface area contributed by atoms with Gasteiger partial charge in [-0.2, -0.15) is 0 Å². The number of Topliss-reactive ketones (excluding diaryl/α,β-unsaturated/α-hetero) is 1. The number of fused-ring (bicyclic) bond motifs is 1. The summed E-state index contributed by atoms with van der Waals surface area (Å²) >= 11 is 0. The van der Waals surface area contributed by atoms with Crippen molar-refractivity contribution in [3.63, 3.8) is 0 Å². The molecule has 1 nitrogen and oxygen atoms in total. The van der Waals surface area contributed by atoms with E-state index in [9.17, 15) is 4.79 Å². The van der Waals surface area contributed by atoms with Gasteiger partial charge in [-0.3, -0.25) is 4.79 Å². The second-order valence-corrected chi connectivity index (χ2v) is 6.09. The predicted molar refractivity (Wildman–Crippen MR) is 90.6 cm³/mol. The highest BCUT2D eigenvalue weighted by atomic mass is 16.1. The van der Waals surface area contributed by atoms with Crippen LogP contribution in [0.5, 0.6) is 0 Å². The summed E-state index contributed by atoms with van der Waals surface area (Å²) in [4.78, 5) is 12.2. The fraction of sp³-hybridized carbons (Fsp3) is 0.350. The van der Waals surface area contributed by atoms with E-state index in [0.29, 0.717) is 6.42 Å². The molecular formula is C20H24O. The van der Waals surface area contributed by atoms with Crippen LogP contribution in [0.25, 0.3) is 5.57 Å². The zero-order valence-electron chi connectivity index (χ0n) is 13.5.